The van der Waals surface area contributed by atoms with Crippen LogP contribution in [0, 0.1) is 0 Å². The predicted molar refractivity (Wildman–Crippen MR) is 81.2 cm³/mol. The molecule has 0 aromatic heterocycles. The minimum absolute atomic E-state index is 0. The second-order valence-electron chi connectivity index (χ2n) is 4.30. The quantitative estimate of drug-likeness (QED) is 0.452. The Labute approximate surface area is 124 Å². The molecule has 4 nitrogen and oxygen atoms in total. The molecule has 2 bridgehead atoms. The third kappa shape index (κ3) is 3.99. The lowest BCUT2D eigenvalue weighted by Gasteiger charge is -2.22. The molecule has 2 heterocycles. The summed E-state index contributed by atoms with van der Waals surface area (Å²) in [6.07, 6.45) is 4.23. The second kappa shape index (κ2) is 6.80. The van der Waals surface area contributed by atoms with Crippen LogP contribution in [-0.2, 0) is 4.74 Å². The van der Waals surface area contributed by atoms with Crippen LogP contribution in [-0.4, -0.2) is 37.8 Å². The standard InChI is InChI=1S/C11H18ClN3O.HI/c1-7(12)6-14-11(13-2)15-9-5-8-3-4-10(9)16-8;/h8-10H,1,3-6H2,2H3,(H2,13,14,15);1H. The fourth-order valence-corrected chi connectivity index (χ4v) is 2.41. The highest BCUT2D eigenvalue weighted by Gasteiger charge is 2.40. The van der Waals surface area contributed by atoms with Crippen molar-refractivity contribution in [2.75, 3.05) is 13.6 Å². The zero-order valence-electron chi connectivity index (χ0n) is 9.91. The van der Waals surface area contributed by atoms with Gasteiger partial charge in [0.15, 0.2) is 5.96 Å². The van der Waals surface area contributed by atoms with Gasteiger partial charge in [-0.15, -0.1) is 24.0 Å². The van der Waals surface area contributed by atoms with Gasteiger partial charge in [0.2, 0.25) is 0 Å². The summed E-state index contributed by atoms with van der Waals surface area (Å²) in [5, 5.41) is 7.05. The van der Waals surface area contributed by atoms with E-state index >= 15 is 0 Å². The van der Waals surface area contributed by atoms with Crippen LogP contribution in [0.15, 0.2) is 16.6 Å². The molecule has 3 atom stereocenters. The highest BCUT2D eigenvalue weighted by molar-refractivity contribution is 14.0. The van der Waals surface area contributed by atoms with Crippen molar-refractivity contribution in [3.8, 4) is 0 Å². The summed E-state index contributed by atoms with van der Waals surface area (Å²) in [5.41, 5.74) is 0. The average Bonchev–Trinajstić information content (AvgIpc) is 2.85. The number of aliphatic imine (C=N–C) groups is 1. The summed E-state index contributed by atoms with van der Waals surface area (Å²) in [6, 6.07) is 0.383. The maximum atomic E-state index is 5.77. The van der Waals surface area contributed by atoms with Gasteiger partial charge in [0.1, 0.15) is 0 Å². The molecule has 0 amide bonds. The van der Waals surface area contributed by atoms with Crippen LogP contribution in [0.1, 0.15) is 19.3 Å². The Morgan fingerprint density at radius 2 is 2.29 bits per heavy atom. The van der Waals surface area contributed by atoms with Gasteiger partial charge in [0.05, 0.1) is 24.8 Å². The topological polar surface area (TPSA) is 45.7 Å². The van der Waals surface area contributed by atoms with Gasteiger partial charge in [-0.3, -0.25) is 4.99 Å². The van der Waals surface area contributed by atoms with E-state index in [0.29, 0.717) is 29.8 Å². The average molecular weight is 372 g/mol. The van der Waals surface area contributed by atoms with Crippen LogP contribution < -0.4 is 10.6 Å². The van der Waals surface area contributed by atoms with Crippen LogP contribution in [0.25, 0.3) is 0 Å². The predicted octanol–water partition coefficient (Wildman–Crippen LogP) is 1.84. The Morgan fingerprint density at radius 3 is 2.76 bits per heavy atom. The molecule has 2 fully saturated rings. The third-order valence-corrected chi connectivity index (χ3v) is 3.23. The van der Waals surface area contributed by atoms with Crippen molar-refractivity contribution in [1.82, 2.24) is 10.6 Å². The van der Waals surface area contributed by atoms with Crippen molar-refractivity contribution < 1.29 is 4.74 Å². The van der Waals surface area contributed by atoms with E-state index in [1.165, 1.54) is 6.42 Å². The number of hydrogen-bond acceptors (Lipinski definition) is 2. The van der Waals surface area contributed by atoms with Gasteiger partial charge in [0.25, 0.3) is 0 Å². The number of guanidine groups is 1. The van der Waals surface area contributed by atoms with Crippen molar-refractivity contribution in [3.05, 3.63) is 11.6 Å². The van der Waals surface area contributed by atoms with Gasteiger partial charge in [-0.25, -0.2) is 0 Å². The van der Waals surface area contributed by atoms with Crippen LogP contribution >= 0.6 is 35.6 Å². The molecular weight excluding hydrogens is 352 g/mol. The fraction of sp³-hybridized carbons (Fsp3) is 0.727. The molecule has 3 unspecified atom stereocenters. The second-order valence-corrected chi connectivity index (χ2v) is 4.84. The number of rotatable bonds is 3. The first kappa shape index (κ1) is 15.0. The van der Waals surface area contributed by atoms with E-state index in [1.54, 1.807) is 7.05 Å². The normalized spacial score (nSPS) is 30.9. The molecule has 0 saturated carbocycles. The zero-order chi connectivity index (χ0) is 11.5. The first-order valence-electron chi connectivity index (χ1n) is 5.65. The minimum atomic E-state index is 0. The first-order valence-corrected chi connectivity index (χ1v) is 6.02. The van der Waals surface area contributed by atoms with Crippen LogP contribution in [0.5, 0.6) is 0 Å². The SMILES string of the molecule is C=C(Cl)CNC(=NC)NC1CC2CCC1O2.I. The fourth-order valence-electron chi connectivity index (χ4n) is 2.34. The van der Waals surface area contributed by atoms with Crippen molar-refractivity contribution in [2.24, 2.45) is 4.99 Å². The lowest BCUT2D eigenvalue weighted by molar-refractivity contribution is 0.0992. The molecule has 98 valence electrons. The molecule has 2 aliphatic heterocycles. The number of nitrogens with zero attached hydrogens (tertiary/aromatic N) is 1. The number of ether oxygens (including phenoxy) is 1. The molecular formula is C11H19ClIN3O. The van der Waals surface area contributed by atoms with Crippen molar-refractivity contribution in [2.45, 2.75) is 37.5 Å². The summed E-state index contributed by atoms with van der Waals surface area (Å²) in [6.45, 7) is 4.16. The van der Waals surface area contributed by atoms with Gasteiger partial charge in [-0.2, -0.15) is 0 Å². The summed E-state index contributed by atoms with van der Waals surface area (Å²) >= 11 is 5.69. The van der Waals surface area contributed by atoms with Crippen LogP contribution in [0.3, 0.4) is 0 Å². The molecule has 2 aliphatic rings. The van der Waals surface area contributed by atoms with Crippen molar-refractivity contribution in [3.63, 3.8) is 0 Å². The van der Waals surface area contributed by atoms with Crippen molar-refractivity contribution in [1.29, 1.82) is 0 Å². The molecule has 0 radical (unpaired) electrons. The Morgan fingerprint density at radius 1 is 1.53 bits per heavy atom. The first-order chi connectivity index (χ1) is 7.69. The van der Waals surface area contributed by atoms with Crippen LogP contribution in [0.2, 0.25) is 0 Å². The van der Waals surface area contributed by atoms with E-state index < -0.39 is 0 Å². The summed E-state index contributed by atoms with van der Waals surface area (Å²) in [5.74, 6) is 0.767. The minimum Gasteiger partial charge on any atom is -0.373 e. The molecule has 0 aliphatic carbocycles. The molecule has 0 spiro atoms. The van der Waals surface area contributed by atoms with Crippen LogP contribution in [0.4, 0.5) is 0 Å². The van der Waals surface area contributed by atoms with Crippen molar-refractivity contribution >= 4 is 41.5 Å². The molecule has 2 rings (SSSR count). The maximum absolute atomic E-state index is 5.77. The Balaban J connectivity index is 0.00000144. The van der Waals surface area contributed by atoms with Gasteiger partial charge in [-0.1, -0.05) is 18.2 Å². The summed E-state index contributed by atoms with van der Waals surface area (Å²) < 4.78 is 5.77. The van der Waals surface area contributed by atoms with Gasteiger partial charge in [-0.05, 0) is 19.3 Å². The zero-order valence-corrected chi connectivity index (χ0v) is 13.0. The van der Waals surface area contributed by atoms with E-state index in [9.17, 15) is 0 Å². The molecule has 2 N–H and O–H groups in total. The number of hydrogen-bond donors (Lipinski definition) is 2. The third-order valence-electron chi connectivity index (χ3n) is 3.10. The molecule has 0 aromatic rings. The maximum Gasteiger partial charge on any atom is 0.191 e. The number of fused-ring (bicyclic) bond motifs is 2. The van der Waals surface area contributed by atoms with Gasteiger partial charge >= 0.3 is 0 Å². The number of halogens is 2. The van der Waals surface area contributed by atoms with Gasteiger partial charge < -0.3 is 15.4 Å². The van der Waals surface area contributed by atoms with E-state index in [2.05, 4.69) is 22.2 Å². The lowest BCUT2D eigenvalue weighted by Crippen LogP contribution is -2.47. The summed E-state index contributed by atoms with van der Waals surface area (Å²) in [4.78, 5) is 4.15. The highest BCUT2D eigenvalue weighted by Crippen LogP contribution is 2.34. The van der Waals surface area contributed by atoms with Gasteiger partial charge in [0, 0.05) is 12.1 Å². The Kier molecular flexibility index (Phi) is 6.02. The Hall–Kier alpha value is -0.0100. The molecule has 17 heavy (non-hydrogen) atoms. The van der Waals surface area contributed by atoms with E-state index in [0.717, 1.165) is 18.8 Å². The summed E-state index contributed by atoms with van der Waals surface area (Å²) in [7, 11) is 1.75. The molecule has 0 aromatic carbocycles. The Bertz CT molecular complexity index is 311. The smallest absolute Gasteiger partial charge is 0.191 e. The van der Waals surface area contributed by atoms with E-state index in [4.69, 9.17) is 16.3 Å². The molecule has 2 saturated heterocycles. The number of nitrogens with one attached hydrogen (secondary N) is 2. The molecule has 6 heteroatoms. The highest BCUT2D eigenvalue weighted by atomic mass is 127. The van der Waals surface area contributed by atoms with E-state index in [-0.39, 0.29) is 24.0 Å². The van der Waals surface area contributed by atoms with E-state index in [1.807, 2.05) is 0 Å². The monoisotopic (exact) mass is 371 g/mol. The lowest BCUT2D eigenvalue weighted by atomic mass is 9.96. The largest absolute Gasteiger partial charge is 0.373 e.